The van der Waals surface area contributed by atoms with E-state index in [2.05, 4.69) is 5.16 Å². The van der Waals surface area contributed by atoms with Gasteiger partial charge in [-0.3, -0.25) is 4.79 Å². The van der Waals surface area contributed by atoms with Gasteiger partial charge in [0, 0.05) is 13.7 Å². The third-order valence-corrected chi connectivity index (χ3v) is 4.06. The Bertz CT molecular complexity index is 731. The van der Waals surface area contributed by atoms with Gasteiger partial charge in [-0.2, -0.15) is 0 Å². The first-order valence-corrected chi connectivity index (χ1v) is 7.69. The zero-order valence-electron chi connectivity index (χ0n) is 13.6. The number of hydrogen-bond acceptors (Lipinski definition) is 5. The van der Waals surface area contributed by atoms with E-state index in [1.54, 1.807) is 24.0 Å². The summed E-state index contributed by atoms with van der Waals surface area (Å²) in [5.41, 5.74) is 2.28. The maximum Gasteiger partial charge on any atom is 0.259 e. The molecule has 1 fully saturated rings. The van der Waals surface area contributed by atoms with Crippen molar-refractivity contribution < 1.29 is 23.2 Å². The molecular weight excluding hydrogens is 315 g/mol. The average Bonchev–Trinajstić information content (AvgIpc) is 3.05. The monoisotopic (exact) mass is 334 g/mol. The number of hydrogen-bond donors (Lipinski definition) is 0. The highest BCUT2D eigenvalue weighted by molar-refractivity contribution is 5.95. The molecule has 0 spiro atoms. The van der Waals surface area contributed by atoms with E-state index in [-0.39, 0.29) is 24.4 Å². The van der Waals surface area contributed by atoms with Crippen LogP contribution in [-0.4, -0.2) is 42.8 Å². The van der Waals surface area contributed by atoms with Gasteiger partial charge in [0.2, 0.25) is 0 Å². The van der Waals surface area contributed by atoms with Crippen LogP contribution in [0.1, 0.15) is 33.3 Å². The van der Waals surface area contributed by atoms with Crippen molar-refractivity contribution in [2.75, 3.05) is 26.8 Å². The van der Waals surface area contributed by atoms with Crippen LogP contribution in [0.25, 0.3) is 0 Å². The maximum atomic E-state index is 13.4. The average molecular weight is 334 g/mol. The van der Waals surface area contributed by atoms with Crippen LogP contribution in [-0.2, 0) is 16.1 Å². The second-order valence-electron chi connectivity index (χ2n) is 5.73. The topological polar surface area (TPSA) is 64.8 Å². The van der Waals surface area contributed by atoms with Crippen molar-refractivity contribution in [3.8, 4) is 0 Å². The van der Waals surface area contributed by atoms with Crippen LogP contribution in [0.15, 0.2) is 29.0 Å². The van der Waals surface area contributed by atoms with Gasteiger partial charge in [-0.05, 0) is 24.1 Å². The molecule has 0 aliphatic carbocycles. The van der Waals surface area contributed by atoms with Crippen LogP contribution in [0.5, 0.6) is 0 Å². The van der Waals surface area contributed by atoms with E-state index in [0.717, 1.165) is 5.56 Å². The minimum Gasteiger partial charge on any atom is -0.378 e. The number of morpholine rings is 1. The van der Waals surface area contributed by atoms with Crippen LogP contribution < -0.4 is 0 Å². The molecule has 0 radical (unpaired) electrons. The molecule has 1 saturated heterocycles. The zero-order chi connectivity index (χ0) is 17.1. The Morgan fingerprint density at radius 1 is 1.50 bits per heavy atom. The van der Waals surface area contributed by atoms with E-state index >= 15 is 0 Å². The van der Waals surface area contributed by atoms with Crippen LogP contribution in [0.4, 0.5) is 4.39 Å². The minimum absolute atomic E-state index is 0.171. The van der Waals surface area contributed by atoms with Gasteiger partial charge in [0.05, 0.1) is 19.8 Å². The highest BCUT2D eigenvalue weighted by Gasteiger charge is 2.29. The number of halogens is 1. The standard InChI is InChI=1S/C17H19FN2O4/c1-11-7-12(3-4-14(11)18)16-8-20(5-6-23-16)17(21)13-9-24-19-15(13)10-22-2/h3-4,7,9,16H,5-6,8,10H2,1-2H3. The molecule has 0 N–H and O–H groups in total. The van der Waals surface area contributed by atoms with Gasteiger partial charge < -0.3 is 18.9 Å². The second kappa shape index (κ2) is 7.11. The smallest absolute Gasteiger partial charge is 0.259 e. The highest BCUT2D eigenvalue weighted by atomic mass is 19.1. The Morgan fingerprint density at radius 3 is 3.08 bits per heavy atom. The third kappa shape index (κ3) is 3.32. The molecule has 24 heavy (non-hydrogen) atoms. The number of aryl methyl sites for hydroxylation is 1. The molecule has 128 valence electrons. The molecule has 2 aromatic rings. The van der Waals surface area contributed by atoms with E-state index in [0.29, 0.717) is 36.5 Å². The number of rotatable bonds is 4. The predicted octanol–water partition coefficient (Wildman–Crippen LogP) is 2.48. The molecule has 0 saturated carbocycles. The van der Waals surface area contributed by atoms with Crippen molar-refractivity contribution in [3.05, 3.63) is 52.7 Å². The lowest BCUT2D eigenvalue weighted by Gasteiger charge is -2.33. The van der Waals surface area contributed by atoms with Crippen molar-refractivity contribution in [1.82, 2.24) is 10.1 Å². The molecule has 6 nitrogen and oxygen atoms in total. The fourth-order valence-electron chi connectivity index (χ4n) is 2.75. The lowest BCUT2D eigenvalue weighted by Crippen LogP contribution is -2.42. The maximum absolute atomic E-state index is 13.4. The van der Waals surface area contributed by atoms with Crippen molar-refractivity contribution in [3.63, 3.8) is 0 Å². The second-order valence-corrected chi connectivity index (χ2v) is 5.73. The molecule has 3 rings (SSSR count). The van der Waals surface area contributed by atoms with E-state index in [4.69, 9.17) is 14.0 Å². The number of aromatic nitrogens is 1. The molecular formula is C17H19FN2O4. The summed E-state index contributed by atoms with van der Waals surface area (Å²) in [6, 6.07) is 4.87. The van der Waals surface area contributed by atoms with Gasteiger partial charge in [-0.1, -0.05) is 17.3 Å². The highest BCUT2D eigenvalue weighted by Crippen LogP contribution is 2.25. The molecule has 0 bridgehead atoms. The number of nitrogens with zero attached hydrogens (tertiary/aromatic N) is 2. The van der Waals surface area contributed by atoms with Gasteiger partial charge in [0.1, 0.15) is 29.4 Å². The third-order valence-electron chi connectivity index (χ3n) is 4.06. The summed E-state index contributed by atoms with van der Waals surface area (Å²) in [6.07, 6.45) is 1.05. The summed E-state index contributed by atoms with van der Waals surface area (Å²) in [4.78, 5) is 14.4. The fraction of sp³-hybridized carbons (Fsp3) is 0.412. The number of amides is 1. The van der Waals surface area contributed by atoms with Gasteiger partial charge in [0.15, 0.2) is 0 Å². The zero-order valence-corrected chi connectivity index (χ0v) is 13.6. The SMILES string of the molecule is COCc1nocc1C(=O)N1CCOC(c2ccc(F)c(C)c2)C1. The summed E-state index contributed by atoms with van der Waals surface area (Å²) in [7, 11) is 1.53. The van der Waals surface area contributed by atoms with E-state index < -0.39 is 0 Å². The van der Waals surface area contributed by atoms with Crippen LogP contribution in [0.3, 0.4) is 0 Å². The summed E-state index contributed by atoms with van der Waals surface area (Å²) in [6.45, 7) is 3.20. The predicted molar refractivity (Wildman–Crippen MR) is 82.9 cm³/mol. The molecule has 1 aliphatic heterocycles. The summed E-state index contributed by atoms with van der Waals surface area (Å²) < 4.78 is 29.1. The van der Waals surface area contributed by atoms with E-state index in [1.165, 1.54) is 19.4 Å². The Kier molecular flexibility index (Phi) is 4.92. The fourth-order valence-corrected chi connectivity index (χ4v) is 2.75. The van der Waals surface area contributed by atoms with Crippen molar-refractivity contribution >= 4 is 5.91 Å². The lowest BCUT2D eigenvalue weighted by atomic mass is 10.0. The molecule has 1 unspecified atom stereocenters. The first kappa shape index (κ1) is 16.6. The van der Waals surface area contributed by atoms with Gasteiger partial charge in [-0.25, -0.2) is 4.39 Å². The van der Waals surface area contributed by atoms with Crippen LogP contribution >= 0.6 is 0 Å². The van der Waals surface area contributed by atoms with Gasteiger partial charge >= 0.3 is 0 Å². The molecule has 1 aromatic carbocycles. The van der Waals surface area contributed by atoms with Crippen molar-refractivity contribution in [2.24, 2.45) is 0 Å². The number of carbonyl (C=O) groups is 1. The lowest BCUT2D eigenvalue weighted by molar-refractivity contribution is -0.0229. The summed E-state index contributed by atoms with van der Waals surface area (Å²) >= 11 is 0. The normalized spacial score (nSPS) is 18.0. The quantitative estimate of drug-likeness (QED) is 0.859. The molecule has 1 aliphatic rings. The molecule has 1 aromatic heterocycles. The van der Waals surface area contributed by atoms with Crippen LogP contribution in [0, 0.1) is 12.7 Å². The van der Waals surface area contributed by atoms with Crippen LogP contribution in [0.2, 0.25) is 0 Å². The number of carbonyl (C=O) groups excluding carboxylic acids is 1. The Balaban J connectivity index is 1.76. The first-order chi connectivity index (χ1) is 11.6. The number of ether oxygens (including phenoxy) is 2. The number of benzene rings is 1. The largest absolute Gasteiger partial charge is 0.378 e. The van der Waals surface area contributed by atoms with Gasteiger partial charge in [-0.15, -0.1) is 0 Å². The van der Waals surface area contributed by atoms with Crippen molar-refractivity contribution in [2.45, 2.75) is 19.6 Å². The Hall–Kier alpha value is -2.25. The molecule has 7 heteroatoms. The molecule has 1 amide bonds. The Morgan fingerprint density at radius 2 is 2.33 bits per heavy atom. The first-order valence-electron chi connectivity index (χ1n) is 7.69. The minimum atomic E-state index is -0.285. The Labute approximate surface area is 139 Å². The van der Waals surface area contributed by atoms with Gasteiger partial charge in [0.25, 0.3) is 5.91 Å². The molecule has 2 heterocycles. The summed E-state index contributed by atoms with van der Waals surface area (Å²) in [5, 5.41) is 3.80. The number of methoxy groups -OCH3 is 1. The van der Waals surface area contributed by atoms with Crippen molar-refractivity contribution in [1.29, 1.82) is 0 Å². The molecule has 1 atom stereocenters. The van der Waals surface area contributed by atoms with E-state index in [9.17, 15) is 9.18 Å². The summed E-state index contributed by atoms with van der Waals surface area (Å²) in [5.74, 6) is -0.424. The van der Waals surface area contributed by atoms with E-state index in [1.807, 2.05) is 0 Å².